The van der Waals surface area contributed by atoms with Crippen molar-refractivity contribution in [1.29, 1.82) is 0 Å². The smallest absolute Gasteiger partial charge is 0.306 e. The average Bonchev–Trinajstić information content (AvgIpc) is 3.16. The molecular formula is C18H21N5O2. The largest absolute Gasteiger partial charge is 0.330 e. The lowest BCUT2D eigenvalue weighted by Crippen LogP contribution is -2.39. The van der Waals surface area contributed by atoms with Gasteiger partial charge in [0.05, 0.1) is 6.33 Å². The highest BCUT2D eigenvalue weighted by atomic mass is 16.2. The minimum atomic E-state index is -0.320. The summed E-state index contributed by atoms with van der Waals surface area (Å²) >= 11 is 0. The molecule has 3 rings (SSSR count). The standard InChI is InChI=1S/C18H21N5O2/c1-13(14-5-4-6-15(9-14)23-8-7-19-12-23)20-11-16-10-17(24)22(3)18(25)21(16)2/h4-10,12-13,20H,11H2,1-3H3/t13-/m0/s1. The highest BCUT2D eigenvalue weighted by Crippen LogP contribution is 2.17. The van der Waals surface area contributed by atoms with Crippen LogP contribution in [0.4, 0.5) is 0 Å². The van der Waals surface area contributed by atoms with E-state index >= 15 is 0 Å². The molecule has 0 radical (unpaired) electrons. The Morgan fingerprint density at radius 1 is 1.16 bits per heavy atom. The summed E-state index contributed by atoms with van der Waals surface area (Å²) in [5.41, 5.74) is 2.18. The first-order valence-electron chi connectivity index (χ1n) is 8.05. The zero-order chi connectivity index (χ0) is 18.0. The highest BCUT2D eigenvalue weighted by Gasteiger charge is 2.10. The van der Waals surface area contributed by atoms with E-state index in [1.165, 1.54) is 17.7 Å². The number of hydrogen-bond donors (Lipinski definition) is 1. The van der Waals surface area contributed by atoms with Crippen LogP contribution in [0.25, 0.3) is 5.69 Å². The van der Waals surface area contributed by atoms with Crippen molar-refractivity contribution in [1.82, 2.24) is 24.0 Å². The van der Waals surface area contributed by atoms with Crippen LogP contribution in [-0.2, 0) is 20.6 Å². The Kier molecular flexibility index (Phi) is 4.67. The number of hydrogen-bond acceptors (Lipinski definition) is 4. The number of nitrogens with zero attached hydrogens (tertiary/aromatic N) is 4. The number of benzene rings is 1. The maximum Gasteiger partial charge on any atom is 0.330 e. The first kappa shape index (κ1) is 16.9. The SMILES string of the molecule is C[C@H](NCc1cc(=O)n(C)c(=O)n1C)c1cccc(-n2ccnc2)c1. The lowest BCUT2D eigenvalue weighted by atomic mass is 10.1. The summed E-state index contributed by atoms with van der Waals surface area (Å²) in [5, 5.41) is 3.37. The molecule has 0 fully saturated rings. The summed E-state index contributed by atoms with van der Waals surface area (Å²) in [6.45, 7) is 2.48. The molecule has 1 N–H and O–H groups in total. The van der Waals surface area contributed by atoms with Crippen molar-refractivity contribution in [3.63, 3.8) is 0 Å². The topological polar surface area (TPSA) is 73.8 Å². The van der Waals surface area contributed by atoms with E-state index in [2.05, 4.69) is 16.4 Å². The summed E-state index contributed by atoms with van der Waals surface area (Å²) < 4.78 is 4.53. The van der Waals surface area contributed by atoms with Gasteiger partial charge in [-0.05, 0) is 24.6 Å². The quantitative estimate of drug-likeness (QED) is 0.756. The zero-order valence-corrected chi connectivity index (χ0v) is 14.5. The number of imidazole rings is 1. The molecule has 0 saturated carbocycles. The summed E-state index contributed by atoms with van der Waals surface area (Å²) in [6.07, 6.45) is 5.39. The molecule has 2 aromatic heterocycles. The number of rotatable bonds is 5. The molecule has 0 spiro atoms. The van der Waals surface area contributed by atoms with Crippen molar-refractivity contribution in [2.75, 3.05) is 0 Å². The van der Waals surface area contributed by atoms with Crippen LogP contribution in [0.5, 0.6) is 0 Å². The molecule has 1 aromatic carbocycles. The van der Waals surface area contributed by atoms with Gasteiger partial charge in [0, 0.05) is 56.5 Å². The van der Waals surface area contributed by atoms with Crippen LogP contribution in [0.2, 0.25) is 0 Å². The van der Waals surface area contributed by atoms with E-state index in [0.717, 1.165) is 15.8 Å². The van der Waals surface area contributed by atoms with Gasteiger partial charge >= 0.3 is 5.69 Å². The van der Waals surface area contributed by atoms with Crippen molar-refractivity contribution in [3.05, 3.63) is 81.1 Å². The third-order valence-corrected chi connectivity index (χ3v) is 4.39. The fourth-order valence-corrected chi connectivity index (χ4v) is 2.69. The van der Waals surface area contributed by atoms with Crippen molar-refractivity contribution >= 4 is 0 Å². The predicted octanol–water partition coefficient (Wildman–Crippen LogP) is 1.12. The lowest BCUT2D eigenvalue weighted by molar-refractivity contribution is 0.540. The zero-order valence-electron chi connectivity index (χ0n) is 14.5. The Labute approximate surface area is 145 Å². The van der Waals surface area contributed by atoms with E-state index in [-0.39, 0.29) is 17.3 Å². The Bertz CT molecular complexity index is 985. The molecule has 0 bridgehead atoms. The van der Waals surface area contributed by atoms with Gasteiger partial charge in [-0.1, -0.05) is 12.1 Å². The molecule has 0 aliphatic rings. The number of aromatic nitrogens is 4. The maximum absolute atomic E-state index is 12.0. The second-order valence-electron chi connectivity index (χ2n) is 6.04. The van der Waals surface area contributed by atoms with E-state index in [0.29, 0.717) is 12.2 Å². The van der Waals surface area contributed by atoms with Gasteiger partial charge in [0.15, 0.2) is 0 Å². The molecular weight excluding hydrogens is 318 g/mol. The normalized spacial score (nSPS) is 12.3. The van der Waals surface area contributed by atoms with Crippen LogP contribution in [0.3, 0.4) is 0 Å². The van der Waals surface area contributed by atoms with Crippen LogP contribution in [-0.4, -0.2) is 18.7 Å². The molecule has 3 aromatic rings. The van der Waals surface area contributed by atoms with Gasteiger partial charge in [-0.2, -0.15) is 0 Å². The average molecular weight is 339 g/mol. The van der Waals surface area contributed by atoms with Crippen molar-refractivity contribution in [2.45, 2.75) is 19.5 Å². The van der Waals surface area contributed by atoms with Crippen molar-refractivity contribution in [3.8, 4) is 5.69 Å². The Hall–Kier alpha value is -2.93. The van der Waals surface area contributed by atoms with E-state index in [9.17, 15) is 9.59 Å². The Morgan fingerprint density at radius 3 is 2.68 bits per heavy atom. The summed E-state index contributed by atoms with van der Waals surface area (Å²) in [7, 11) is 3.15. The van der Waals surface area contributed by atoms with Crippen molar-refractivity contribution in [2.24, 2.45) is 14.1 Å². The van der Waals surface area contributed by atoms with Gasteiger partial charge in [-0.25, -0.2) is 9.78 Å². The first-order valence-corrected chi connectivity index (χ1v) is 8.05. The molecule has 2 heterocycles. The fraction of sp³-hybridized carbons (Fsp3) is 0.278. The minimum absolute atomic E-state index is 0.0580. The lowest BCUT2D eigenvalue weighted by Gasteiger charge is -2.17. The minimum Gasteiger partial charge on any atom is -0.306 e. The summed E-state index contributed by atoms with van der Waals surface area (Å²) in [4.78, 5) is 27.9. The van der Waals surface area contributed by atoms with Crippen LogP contribution >= 0.6 is 0 Å². The fourth-order valence-electron chi connectivity index (χ4n) is 2.69. The second kappa shape index (κ2) is 6.90. The molecule has 25 heavy (non-hydrogen) atoms. The van der Waals surface area contributed by atoms with Crippen LogP contribution in [0, 0.1) is 0 Å². The van der Waals surface area contributed by atoms with Gasteiger partial charge in [0.25, 0.3) is 5.56 Å². The van der Waals surface area contributed by atoms with Gasteiger partial charge in [0.2, 0.25) is 0 Å². The van der Waals surface area contributed by atoms with Gasteiger partial charge in [-0.15, -0.1) is 0 Å². The van der Waals surface area contributed by atoms with Gasteiger partial charge in [-0.3, -0.25) is 13.9 Å². The summed E-state index contributed by atoms with van der Waals surface area (Å²) in [6, 6.07) is 9.69. The molecule has 7 heteroatoms. The van der Waals surface area contributed by atoms with E-state index in [1.54, 1.807) is 19.6 Å². The molecule has 0 amide bonds. The van der Waals surface area contributed by atoms with Gasteiger partial charge < -0.3 is 9.88 Å². The van der Waals surface area contributed by atoms with E-state index in [4.69, 9.17) is 0 Å². The molecule has 0 unspecified atom stereocenters. The van der Waals surface area contributed by atoms with Crippen LogP contribution in [0.15, 0.2) is 58.6 Å². The van der Waals surface area contributed by atoms with E-state index in [1.807, 2.05) is 35.9 Å². The van der Waals surface area contributed by atoms with Gasteiger partial charge in [0.1, 0.15) is 0 Å². The van der Waals surface area contributed by atoms with Crippen molar-refractivity contribution < 1.29 is 0 Å². The Morgan fingerprint density at radius 2 is 1.96 bits per heavy atom. The molecule has 7 nitrogen and oxygen atoms in total. The third-order valence-electron chi connectivity index (χ3n) is 4.39. The molecule has 0 saturated heterocycles. The third kappa shape index (κ3) is 3.46. The van der Waals surface area contributed by atoms with E-state index < -0.39 is 0 Å². The first-order chi connectivity index (χ1) is 12.0. The molecule has 0 aliphatic carbocycles. The molecule has 130 valence electrons. The highest BCUT2D eigenvalue weighted by molar-refractivity contribution is 5.37. The predicted molar refractivity (Wildman–Crippen MR) is 95.7 cm³/mol. The number of nitrogens with one attached hydrogen (secondary N) is 1. The second-order valence-corrected chi connectivity index (χ2v) is 6.04. The van der Waals surface area contributed by atoms with Crippen LogP contribution < -0.4 is 16.6 Å². The maximum atomic E-state index is 12.0. The monoisotopic (exact) mass is 339 g/mol. The van der Waals surface area contributed by atoms with Crippen LogP contribution in [0.1, 0.15) is 24.2 Å². The summed E-state index contributed by atoms with van der Waals surface area (Å²) in [5.74, 6) is 0. The Balaban J connectivity index is 1.78. The molecule has 1 atom stereocenters. The molecule has 0 aliphatic heterocycles.